The van der Waals surface area contributed by atoms with Crippen molar-refractivity contribution in [3.05, 3.63) is 47.4 Å². The molecular weight excluding hydrogens is 383 g/mol. The summed E-state index contributed by atoms with van der Waals surface area (Å²) in [4.78, 5) is 16.6. The van der Waals surface area contributed by atoms with Crippen molar-refractivity contribution in [1.29, 1.82) is 5.26 Å². The van der Waals surface area contributed by atoms with Crippen molar-refractivity contribution in [2.75, 3.05) is 17.8 Å². The molecule has 1 atom stereocenters. The summed E-state index contributed by atoms with van der Waals surface area (Å²) in [6.07, 6.45) is 2.92. The maximum Gasteiger partial charge on any atom is 0.219 e. The maximum atomic E-state index is 12.9. The number of carbonyl (C=O) groups is 1. The van der Waals surface area contributed by atoms with Crippen LogP contribution in [0.5, 0.6) is 11.6 Å². The zero-order valence-electron chi connectivity index (χ0n) is 13.2. The zero-order valence-corrected chi connectivity index (χ0v) is 15.6. The Balaban J connectivity index is 2.04. The van der Waals surface area contributed by atoms with Crippen LogP contribution in [0.15, 0.2) is 41.4 Å². The molecule has 130 valence electrons. The molecule has 0 saturated carbocycles. The molecular formula is C17H14ClFN2O2S2. The number of benzene rings is 1. The Morgan fingerprint density at radius 1 is 1.44 bits per heavy atom. The largest absolute Gasteiger partial charge is 0.439 e. The second kappa shape index (κ2) is 9.66. The second-order valence-electron chi connectivity index (χ2n) is 4.90. The first-order chi connectivity index (χ1) is 12.0. The number of ether oxygens (including phenoxy) is 1. The molecule has 1 aromatic carbocycles. The quantitative estimate of drug-likeness (QED) is 0.595. The zero-order chi connectivity index (χ0) is 18.2. The summed E-state index contributed by atoms with van der Waals surface area (Å²) in [6.45, 7) is 0. The average molecular weight is 397 g/mol. The Hall–Kier alpha value is -1.75. The lowest BCUT2D eigenvalue weighted by Crippen LogP contribution is -2.17. The summed E-state index contributed by atoms with van der Waals surface area (Å²) >= 11 is 8.87. The standard InChI is InChI=1S/C17H14ClFN2O2S2/c1-24-9-11(7-20)15(22)10-25-16-6-13(3-4-14(16)18)23-17-5-2-12(19)8-21-17/h2-6,8,11H,9-10H2,1H3. The van der Waals surface area contributed by atoms with Gasteiger partial charge >= 0.3 is 0 Å². The second-order valence-corrected chi connectivity index (χ2v) is 7.24. The third-order valence-electron chi connectivity index (χ3n) is 3.07. The lowest BCUT2D eigenvalue weighted by molar-refractivity contribution is -0.118. The van der Waals surface area contributed by atoms with Crippen LogP contribution in [0.25, 0.3) is 0 Å². The van der Waals surface area contributed by atoms with Gasteiger partial charge < -0.3 is 4.74 Å². The highest BCUT2D eigenvalue weighted by Gasteiger charge is 2.18. The van der Waals surface area contributed by atoms with E-state index in [0.717, 1.165) is 6.20 Å². The molecule has 0 aliphatic rings. The van der Waals surface area contributed by atoms with Crippen LogP contribution in [0, 0.1) is 23.1 Å². The van der Waals surface area contributed by atoms with Gasteiger partial charge in [0.2, 0.25) is 5.88 Å². The Labute approximate surface area is 158 Å². The topological polar surface area (TPSA) is 63.0 Å². The maximum absolute atomic E-state index is 12.9. The van der Waals surface area contributed by atoms with Crippen molar-refractivity contribution in [2.45, 2.75) is 4.90 Å². The van der Waals surface area contributed by atoms with Gasteiger partial charge in [-0.15, -0.1) is 11.8 Å². The van der Waals surface area contributed by atoms with Crippen molar-refractivity contribution in [2.24, 2.45) is 5.92 Å². The lowest BCUT2D eigenvalue weighted by atomic mass is 10.1. The lowest BCUT2D eigenvalue weighted by Gasteiger charge is -2.09. The van der Waals surface area contributed by atoms with E-state index in [1.165, 1.54) is 35.7 Å². The Kier molecular flexibility index (Phi) is 7.56. The number of hydrogen-bond donors (Lipinski definition) is 0. The van der Waals surface area contributed by atoms with Gasteiger partial charge in [0.25, 0.3) is 0 Å². The van der Waals surface area contributed by atoms with Gasteiger partial charge in [-0.1, -0.05) is 11.6 Å². The van der Waals surface area contributed by atoms with Gasteiger partial charge in [-0.3, -0.25) is 4.79 Å². The molecule has 2 rings (SSSR count). The first-order valence-corrected chi connectivity index (χ1v) is 9.92. The van der Waals surface area contributed by atoms with Crippen LogP contribution >= 0.6 is 35.1 Å². The summed E-state index contributed by atoms with van der Waals surface area (Å²) in [5.41, 5.74) is 0. The fourth-order valence-electron chi connectivity index (χ4n) is 1.82. The average Bonchev–Trinajstić information content (AvgIpc) is 2.61. The van der Waals surface area contributed by atoms with Gasteiger partial charge in [0.15, 0.2) is 5.78 Å². The highest BCUT2D eigenvalue weighted by molar-refractivity contribution is 8.00. The molecule has 0 aliphatic heterocycles. The minimum absolute atomic E-state index is 0.135. The van der Waals surface area contributed by atoms with Crippen LogP contribution in [0.2, 0.25) is 5.02 Å². The van der Waals surface area contributed by atoms with E-state index in [-0.39, 0.29) is 17.4 Å². The number of pyridine rings is 1. The fourth-order valence-corrected chi connectivity index (χ4v) is 3.60. The Morgan fingerprint density at radius 2 is 2.24 bits per heavy atom. The predicted octanol–water partition coefficient (Wildman–Crippen LogP) is 4.83. The molecule has 0 saturated heterocycles. The van der Waals surface area contributed by atoms with E-state index >= 15 is 0 Å². The minimum Gasteiger partial charge on any atom is -0.439 e. The van der Waals surface area contributed by atoms with Gasteiger partial charge in [0, 0.05) is 16.7 Å². The molecule has 1 unspecified atom stereocenters. The predicted molar refractivity (Wildman–Crippen MR) is 98.9 cm³/mol. The van der Waals surface area contributed by atoms with E-state index in [1.54, 1.807) is 18.2 Å². The molecule has 2 aromatic rings. The molecule has 0 N–H and O–H groups in total. The van der Waals surface area contributed by atoms with Crippen molar-refractivity contribution in [1.82, 2.24) is 4.98 Å². The van der Waals surface area contributed by atoms with Crippen molar-refractivity contribution in [3.63, 3.8) is 0 Å². The number of nitriles is 1. The van der Waals surface area contributed by atoms with Gasteiger partial charge in [0.05, 0.1) is 23.0 Å². The van der Waals surface area contributed by atoms with E-state index in [9.17, 15) is 9.18 Å². The molecule has 1 aromatic heterocycles. The van der Waals surface area contributed by atoms with E-state index in [0.29, 0.717) is 21.4 Å². The van der Waals surface area contributed by atoms with E-state index < -0.39 is 11.7 Å². The number of carbonyl (C=O) groups excluding carboxylic acids is 1. The highest BCUT2D eigenvalue weighted by Crippen LogP contribution is 2.32. The van der Waals surface area contributed by atoms with Crippen LogP contribution in [0.4, 0.5) is 4.39 Å². The summed E-state index contributed by atoms with van der Waals surface area (Å²) in [6, 6.07) is 9.68. The number of rotatable bonds is 8. The summed E-state index contributed by atoms with van der Waals surface area (Å²) in [5, 5.41) is 9.52. The van der Waals surface area contributed by atoms with Crippen LogP contribution in [0.1, 0.15) is 0 Å². The van der Waals surface area contributed by atoms with Gasteiger partial charge in [-0.2, -0.15) is 17.0 Å². The van der Waals surface area contributed by atoms with Crippen LogP contribution in [-0.4, -0.2) is 28.5 Å². The number of Topliss-reactive ketones (excluding diaryl/α,β-unsaturated/α-hetero) is 1. The summed E-state index contributed by atoms with van der Waals surface area (Å²) in [5.74, 6) is 0.142. The number of nitrogens with zero attached hydrogens (tertiary/aromatic N) is 2. The first-order valence-electron chi connectivity index (χ1n) is 7.16. The third kappa shape index (κ3) is 5.92. The smallest absolute Gasteiger partial charge is 0.219 e. The number of thioether (sulfide) groups is 2. The third-order valence-corrected chi connectivity index (χ3v) is 5.26. The normalized spacial score (nSPS) is 11.6. The van der Waals surface area contributed by atoms with Crippen LogP contribution < -0.4 is 4.74 Å². The van der Waals surface area contributed by atoms with Gasteiger partial charge in [0.1, 0.15) is 17.5 Å². The van der Waals surface area contributed by atoms with Crippen LogP contribution in [-0.2, 0) is 4.79 Å². The molecule has 0 bridgehead atoms. The molecule has 0 radical (unpaired) electrons. The first kappa shape index (κ1) is 19.6. The number of aromatic nitrogens is 1. The molecule has 1 heterocycles. The van der Waals surface area contributed by atoms with Gasteiger partial charge in [-0.05, 0) is 30.5 Å². The SMILES string of the molecule is CSCC(C#N)C(=O)CSc1cc(Oc2ccc(F)cn2)ccc1Cl. The molecule has 0 amide bonds. The van der Waals surface area contributed by atoms with Crippen LogP contribution in [0.3, 0.4) is 0 Å². The number of ketones is 1. The Bertz CT molecular complexity index is 781. The van der Waals surface area contributed by atoms with E-state index in [4.69, 9.17) is 21.6 Å². The number of hydrogen-bond acceptors (Lipinski definition) is 6. The Morgan fingerprint density at radius 3 is 2.88 bits per heavy atom. The van der Waals surface area contributed by atoms with Crippen molar-refractivity contribution >= 4 is 40.9 Å². The molecule has 8 heteroatoms. The molecule has 25 heavy (non-hydrogen) atoms. The molecule has 0 spiro atoms. The molecule has 0 fully saturated rings. The fraction of sp³-hybridized carbons (Fsp3) is 0.235. The summed E-state index contributed by atoms with van der Waals surface area (Å²) in [7, 11) is 0. The highest BCUT2D eigenvalue weighted by atomic mass is 35.5. The van der Waals surface area contributed by atoms with Gasteiger partial charge in [-0.25, -0.2) is 9.37 Å². The van der Waals surface area contributed by atoms with Crippen molar-refractivity contribution in [3.8, 4) is 17.7 Å². The van der Waals surface area contributed by atoms with E-state index in [1.807, 2.05) is 12.3 Å². The number of halogens is 2. The summed E-state index contributed by atoms with van der Waals surface area (Å²) < 4.78 is 18.4. The van der Waals surface area contributed by atoms with Crippen molar-refractivity contribution < 1.29 is 13.9 Å². The minimum atomic E-state index is -0.621. The monoisotopic (exact) mass is 396 g/mol. The molecule has 0 aliphatic carbocycles. The molecule has 4 nitrogen and oxygen atoms in total. The van der Waals surface area contributed by atoms with E-state index in [2.05, 4.69) is 4.98 Å².